The molecule has 1 aliphatic rings. The molecule has 2 nitrogen and oxygen atoms in total. The third-order valence-corrected chi connectivity index (χ3v) is 4.87. The van der Waals surface area contributed by atoms with Crippen LogP contribution in [0.3, 0.4) is 0 Å². The lowest BCUT2D eigenvalue weighted by Gasteiger charge is -2.30. The number of hydrogen-bond acceptors (Lipinski definition) is 2. The molecule has 0 bridgehead atoms. The highest BCUT2D eigenvalue weighted by atomic mass is 16.3. The molecule has 1 aromatic carbocycles. The van der Waals surface area contributed by atoms with Crippen molar-refractivity contribution in [2.24, 2.45) is 5.92 Å². The molecule has 0 spiro atoms. The molecular weight excluding hydrogens is 258 g/mol. The second-order valence-corrected chi connectivity index (χ2v) is 6.50. The Morgan fingerprint density at radius 3 is 2.90 bits per heavy atom. The Morgan fingerprint density at radius 2 is 2.10 bits per heavy atom. The average molecular weight is 285 g/mol. The molecule has 1 fully saturated rings. The lowest BCUT2D eigenvalue weighted by molar-refractivity contribution is 0.268. The monoisotopic (exact) mass is 285 g/mol. The van der Waals surface area contributed by atoms with E-state index in [2.05, 4.69) is 43.4 Å². The number of aryl methyl sites for hydroxylation is 1. The molecule has 2 atom stereocenters. The van der Waals surface area contributed by atoms with Gasteiger partial charge in [-0.3, -0.25) is 0 Å². The highest BCUT2D eigenvalue weighted by molar-refractivity contribution is 5.81. The number of hydrogen-bond donors (Lipinski definition) is 1. The van der Waals surface area contributed by atoms with Crippen LogP contribution >= 0.6 is 0 Å². The van der Waals surface area contributed by atoms with Crippen LogP contribution < -0.4 is 5.32 Å². The van der Waals surface area contributed by atoms with Gasteiger partial charge in [0.1, 0.15) is 11.3 Å². The predicted molar refractivity (Wildman–Crippen MR) is 88.8 cm³/mol. The van der Waals surface area contributed by atoms with Crippen molar-refractivity contribution < 1.29 is 4.42 Å². The number of benzene rings is 1. The second-order valence-electron chi connectivity index (χ2n) is 6.50. The minimum absolute atomic E-state index is 0.593. The van der Waals surface area contributed by atoms with E-state index in [1.165, 1.54) is 48.8 Å². The third-order valence-electron chi connectivity index (χ3n) is 4.87. The Labute approximate surface area is 127 Å². The molecule has 0 amide bonds. The zero-order chi connectivity index (χ0) is 14.7. The van der Waals surface area contributed by atoms with Gasteiger partial charge in [0.05, 0.1) is 0 Å². The van der Waals surface area contributed by atoms with E-state index in [0.717, 1.165) is 24.6 Å². The fraction of sp³-hybridized carbons (Fsp3) is 0.579. The third kappa shape index (κ3) is 3.16. The lowest BCUT2D eigenvalue weighted by Crippen LogP contribution is -2.29. The largest absolute Gasteiger partial charge is 0.460 e. The van der Waals surface area contributed by atoms with Gasteiger partial charge >= 0.3 is 0 Å². The SMILES string of the molecule is CCCNCC1CCCCC1c1cc2cccc(C)c2o1. The van der Waals surface area contributed by atoms with Crippen molar-refractivity contribution in [2.75, 3.05) is 13.1 Å². The van der Waals surface area contributed by atoms with Crippen LogP contribution in [0.25, 0.3) is 11.0 Å². The van der Waals surface area contributed by atoms with Crippen LogP contribution in [-0.2, 0) is 0 Å². The summed E-state index contributed by atoms with van der Waals surface area (Å²) in [6, 6.07) is 8.71. The smallest absolute Gasteiger partial charge is 0.137 e. The van der Waals surface area contributed by atoms with Crippen molar-refractivity contribution in [1.29, 1.82) is 0 Å². The molecule has 1 aromatic heterocycles. The number of nitrogens with one attached hydrogen (secondary N) is 1. The van der Waals surface area contributed by atoms with Gasteiger partial charge in [0.2, 0.25) is 0 Å². The van der Waals surface area contributed by atoms with Gasteiger partial charge in [-0.15, -0.1) is 0 Å². The normalized spacial score (nSPS) is 22.8. The van der Waals surface area contributed by atoms with Gasteiger partial charge in [-0.05, 0) is 56.8 Å². The van der Waals surface area contributed by atoms with E-state index >= 15 is 0 Å². The maximum absolute atomic E-state index is 6.25. The highest BCUT2D eigenvalue weighted by Crippen LogP contribution is 2.40. The summed E-state index contributed by atoms with van der Waals surface area (Å²) >= 11 is 0. The number of furan rings is 1. The molecule has 1 heterocycles. The Kier molecular flexibility index (Phi) is 4.64. The average Bonchev–Trinajstić information content (AvgIpc) is 2.93. The van der Waals surface area contributed by atoms with Gasteiger partial charge in [0.15, 0.2) is 0 Å². The van der Waals surface area contributed by atoms with Crippen molar-refractivity contribution in [1.82, 2.24) is 5.32 Å². The first-order chi connectivity index (χ1) is 10.3. The molecular formula is C19H27NO. The Morgan fingerprint density at radius 1 is 1.24 bits per heavy atom. The van der Waals surface area contributed by atoms with Gasteiger partial charge < -0.3 is 9.73 Å². The van der Waals surface area contributed by atoms with Gasteiger partial charge in [0, 0.05) is 11.3 Å². The van der Waals surface area contributed by atoms with E-state index < -0.39 is 0 Å². The van der Waals surface area contributed by atoms with Crippen molar-refractivity contribution in [2.45, 2.75) is 51.9 Å². The summed E-state index contributed by atoms with van der Waals surface area (Å²) in [5.74, 6) is 2.53. The Bertz CT molecular complexity index is 586. The van der Waals surface area contributed by atoms with Gasteiger partial charge in [-0.25, -0.2) is 0 Å². The minimum Gasteiger partial charge on any atom is -0.460 e. The lowest BCUT2D eigenvalue weighted by atomic mass is 9.78. The Hall–Kier alpha value is -1.28. The molecule has 1 aliphatic carbocycles. The molecule has 0 radical (unpaired) electrons. The molecule has 1 N–H and O–H groups in total. The quantitative estimate of drug-likeness (QED) is 0.781. The maximum Gasteiger partial charge on any atom is 0.137 e. The first-order valence-electron chi connectivity index (χ1n) is 8.49. The molecule has 3 rings (SSSR count). The summed E-state index contributed by atoms with van der Waals surface area (Å²) in [5.41, 5.74) is 2.33. The summed E-state index contributed by atoms with van der Waals surface area (Å²) in [6.45, 7) is 6.63. The van der Waals surface area contributed by atoms with E-state index in [1.54, 1.807) is 0 Å². The molecule has 1 saturated carbocycles. The van der Waals surface area contributed by atoms with Crippen molar-refractivity contribution in [3.05, 3.63) is 35.6 Å². The van der Waals surface area contributed by atoms with Crippen molar-refractivity contribution in [3.63, 3.8) is 0 Å². The highest BCUT2D eigenvalue weighted by Gasteiger charge is 2.28. The van der Waals surface area contributed by atoms with E-state index in [0.29, 0.717) is 5.92 Å². The van der Waals surface area contributed by atoms with E-state index in [9.17, 15) is 0 Å². The predicted octanol–water partition coefficient (Wildman–Crippen LogP) is 5.01. The van der Waals surface area contributed by atoms with Crippen molar-refractivity contribution >= 4 is 11.0 Å². The summed E-state index contributed by atoms with van der Waals surface area (Å²) in [7, 11) is 0. The van der Waals surface area contributed by atoms with Crippen molar-refractivity contribution in [3.8, 4) is 0 Å². The van der Waals surface area contributed by atoms with Crippen LogP contribution in [0.15, 0.2) is 28.7 Å². The minimum atomic E-state index is 0.593. The molecule has 0 aliphatic heterocycles. The van der Waals surface area contributed by atoms with Crippen LogP contribution in [0.4, 0.5) is 0 Å². The van der Waals surface area contributed by atoms with Crippen LogP contribution in [0.5, 0.6) is 0 Å². The first-order valence-corrected chi connectivity index (χ1v) is 8.49. The van der Waals surface area contributed by atoms with E-state index in [1.807, 2.05) is 0 Å². The van der Waals surface area contributed by atoms with Crippen LogP contribution in [0.2, 0.25) is 0 Å². The summed E-state index contributed by atoms with van der Waals surface area (Å²) < 4.78 is 6.25. The second kappa shape index (κ2) is 6.65. The maximum atomic E-state index is 6.25. The first kappa shape index (κ1) is 14.6. The van der Waals surface area contributed by atoms with Gasteiger partial charge in [-0.1, -0.05) is 38.0 Å². The van der Waals surface area contributed by atoms with E-state index in [-0.39, 0.29) is 0 Å². The summed E-state index contributed by atoms with van der Waals surface area (Å²) in [5, 5.41) is 4.87. The molecule has 0 saturated heterocycles. The van der Waals surface area contributed by atoms with Crippen LogP contribution in [-0.4, -0.2) is 13.1 Å². The zero-order valence-corrected chi connectivity index (χ0v) is 13.3. The van der Waals surface area contributed by atoms with Crippen LogP contribution in [0.1, 0.15) is 56.3 Å². The topological polar surface area (TPSA) is 25.2 Å². The number of fused-ring (bicyclic) bond motifs is 1. The van der Waals surface area contributed by atoms with E-state index in [4.69, 9.17) is 4.42 Å². The summed E-state index contributed by atoms with van der Waals surface area (Å²) in [6.07, 6.45) is 6.52. The number of rotatable bonds is 5. The van der Waals surface area contributed by atoms with Gasteiger partial charge in [-0.2, -0.15) is 0 Å². The number of para-hydroxylation sites is 1. The van der Waals surface area contributed by atoms with Gasteiger partial charge in [0.25, 0.3) is 0 Å². The Balaban J connectivity index is 1.82. The molecule has 2 aromatic rings. The molecule has 114 valence electrons. The fourth-order valence-corrected chi connectivity index (χ4v) is 3.70. The molecule has 21 heavy (non-hydrogen) atoms. The zero-order valence-electron chi connectivity index (χ0n) is 13.3. The molecule has 2 unspecified atom stereocenters. The standard InChI is InChI=1S/C19H27NO/c1-3-11-20-13-16-8-4-5-10-17(16)18-12-15-9-6-7-14(2)19(15)21-18/h6-7,9,12,16-17,20H,3-5,8,10-11,13H2,1-2H3. The summed E-state index contributed by atoms with van der Waals surface area (Å²) in [4.78, 5) is 0. The fourth-order valence-electron chi connectivity index (χ4n) is 3.70. The van der Waals surface area contributed by atoms with Crippen LogP contribution in [0, 0.1) is 12.8 Å². The molecule has 2 heteroatoms.